The molecule has 19 heavy (non-hydrogen) atoms. The van der Waals surface area contributed by atoms with Crippen molar-refractivity contribution in [2.75, 3.05) is 19.6 Å². The third kappa shape index (κ3) is 5.01. The first-order valence-corrected chi connectivity index (χ1v) is 6.85. The van der Waals surface area contributed by atoms with Gasteiger partial charge in [0.1, 0.15) is 5.75 Å². The largest absolute Gasteiger partial charge is 0.491 e. The summed E-state index contributed by atoms with van der Waals surface area (Å²) < 4.78 is 5.74. The van der Waals surface area contributed by atoms with Crippen LogP contribution in [0.25, 0.3) is 0 Å². The Morgan fingerprint density at radius 1 is 1.42 bits per heavy atom. The van der Waals surface area contributed by atoms with Crippen molar-refractivity contribution in [1.82, 2.24) is 10.2 Å². The van der Waals surface area contributed by atoms with Crippen molar-refractivity contribution in [2.24, 2.45) is 0 Å². The first kappa shape index (κ1) is 16.3. The number of rotatable bonds is 4. The van der Waals surface area contributed by atoms with E-state index in [2.05, 4.69) is 49.2 Å². The first-order valence-electron chi connectivity index (χ1n) is 6.85. The minimum atomic E-state index is 0. The third-order valence-corrected chi connectivity index (χ3v) is 3.29. The van der Waals surface area contributed by atoms with E-state index in [0.29, 0.717) is 6.04 Å². The van der Waals surface area contributed by atoms with E-state index < -0.39 is 0 Å². The van der Waals surface area contributed by atoms with Gasteiger partial charge in [-0.1, -0.05) is 12.1 Å². The van der Waals surface area contributed by atoms with Gasteiger partial charge in [0.15, 0.2) is 0 Å². The molecular formula is C15H25ClN2O. The van der Waals surface area contributed by atoms with E-state index in [4.69, 9.17) is 4.74 Å². The van der Waals surface area contributed by atoms with E-state index in [-0.39, 0.29) is 18.5 Å². The highest BCUT2D eigenvalue weighted by Crippen LogP contribution is 2.17. The Balaban J connectivity index is 0.00000180. The lowest BCUT2D eigenvalue weighted by molar-refractivity contribution is 0.165. The smallest absolute Gasteiger partial charge is 0.120 e. The molecule has 1 atom stereocenters. The minimum Gasteiger partial charge on any atom is -0.491 e. The zero-order valence-corrected chi connectivity index (χ0v) is 12.9. The Morgan fingerprint density at radius 3 is 2.89 bits per heavy atom. The fourth-order valence-electron chi connectivity index (χ4n) is 2.34. The van der Waals surface area contributed by atoms with Gasteiger partial charge < -0.3 is 10.1 Å². The van der Waals surface area contributed by atoms with Crippen LogP contribution in [0.4, 0.5) is 0 Å². The maximum Gasteiger partial charge on any atom is 0.120 e. The van der Waals surface area contributed by atoms with Crippen LogP contribution in [0.15, 0.2) is 24.3 Å². The summed E-state index contributed by atoms with van der Waals surface area (Å²) in [6.45, 7) is 10.7. The fourth-order valence-corrected chi connectivity index (χ4v) is 2.34. The van der Waals surface area contributed by atoms with Crippen LogP contribution in [0.3, 0.4) is 0 Å². The van der Waals surface area contributed by atoms with Gasteiger partial charge in [-0.15, -0.1) is 12.4 Å². The second-order valence-corrected chi connectivity index (χ2v) is 5.34. The summed E-state index contributed by atoms with van der Waals surface area (Å²) in [6, 6.07) is 9.06. The summed E-state index contributed by atoms with van der Waals surface area (Å²) in [5.41, 5.74) is 1.34. The van der Waals surface area contributed by atoms with Gasteiger partial charge in [0.25, 0.3) is 0 Å². The molecule has 1 aromatic carbocycles. The molecule has 0 bridgehead atoms. The lowest BCUT2D eigenvalue weighted by atomic mass is 10.1. The van der Waals surface area contributed by atoms with Crippen molar-refractivity contribution in [3.63, 3.8) is 0 Å². The molecule has 1 aliphatic heterocycles. The van der Waals surface area contributed by atoms with Crippen LogP contribution < -0.4 is 10.1 Å². The maximum absolute atomic E-state index is 5.74. The summed E-state index contributed by atoms with van der Waals surface area (Å²) >= 11 is 0. The Morgan fingerprint density at radius 2 is 2.21 bits per heavy atom. The van der Waals surface area contributed by atoms with Crippen LogP contribution in [0.2, 0.25) is 0 Å². The molecule has 0 radical (unpaired) electrons. The van der Waals surface area contributed by atoms with Crippen LogP contribution in [-0.4, -0.2) is 36.7 Å². The van der Waals surface area contributed by atoms with Gasteiger partial charge in [-0.2, -0.15) is 0 Å². The van der Waals surface area contributed by atoms with E-state index in [9.17, 15) is 0 Å². The molecule has 1 N–H and O–H groups in total. The Hall–Kier alpha value is -0.770. The van der Waals surface area contributed by atoms with Crippen LogP contribution >= 0.6 is 12.4 Å². The topological polar surface area (TPSA) is 24.5 Å². The second-order valence-electron chi connectivity index (χ2n) is 5.34. The molecule has 1 heterocycles. The number of benzene rings is 1. The summed E-state index contributed by atoms with van der Waals surface area (Å²) in [5, 5.41) is 3.42. The summed E-state index contributed by atoms with van der Waals surface area (Å²) in [7, 11) is 0. The number of piperazine rings is 1. The molecule has 1 fully saturated rings. The number of ether oxygens (including phenoxy) is 1. The molecule has 108 valence electrons. The van der Waals surface area contributed by atoms with Crippen LogP contribution in [-0.2, 0) is 6.54 Å². The predicted octanol–water partition coefficient (Wildman–Crippen LogP) is 2.69. The zero-order chi connectivity index (χ0) is 13.0. The molecule has 1 aromatic rings. The van der Waals surface area contributed by atoms with E-state index >= 15 is 0 Å². The molecule has 0 aliphatic carbocycles. The number of nitrogens with one attached hydrogen (secondary N) is 1. The SMILES string of the molecule is CC(C)Oc1cccc(CN2CCNC[C@H]2C)c1.Cl. The highest BCUT2D eigenvalue weighted by Gasteiger charge is 2.17. The van der Waals surface area contributed by atoms with Crippen molar-refractivity contribution < 1.29 is 4.74 Å². The van der Waals surface area contributed by atoms with E-state index in [1.807, 2.05) is 6.07 Å². The first-order chi connectivity index (χ1) is 8.65. The lowest BCUT2D eigenvalue weighted by Crippen LogP contribution is -2.49. The molecule has 2 rings (SSSR count). The molecule has 0 amide bonds. The van der Waals surface area contributed by atoms with Crippen LogP contribution in [0.1, 0.15) is 26.3 Å². The van der Waals surface area contributed by atoms with Gasteiger partial charge >= 0.3 is 0 Å². The Labute approximate surface area is 122 Å². The number of hydrogen-bond acceptors (Lipinski definition) is 3. The van der Waals surface area contributed by atoms with E-state index in [1.165, 1.54) is 5.56 Å². The van der Waals surface area contributed by atoms with Crippen molar-refractivity contribution >= 4 is 12.4 Å². The Kier molecular flexibility index (Phi) is 6.63. The average molecular weight is 285 g/mol. The molecule has 0 aromatic heterocycles. The van der Waals surface area contributed by atoms with Gasteiger partial charge in [-0.05, 0) is 38.5 Å². The molecule has 0 saturated carbocycles. The maximum atomic E-state index is 5.74. The van der Waals surface area contributed by atoms with Crippen LogP contribution in [0, 0.1) is 0 Å². The summed E-state index contributed by atoms with van der Waals surface area (Å²) in [4.78, 5) is 2.52. The van der Waals surface area contributed by atoms with Gasteiger partial charge in [0.2, 0.25) is 0 Å². The summed E-state index contributed by atoms with van der Waals surface area (Å²) in [5.74, 6) is 0.977. The second kappa shape index (κ2) is 7.73. The molecular weight excluding hydrogens is 260 g/mol. The Bertz CT molecular complexity index is 384. The van der Waals surface area contributed by atoms with Crippen molar-refractivity contribution in [1.29, 1.82) is 0 Å². The predicted molar refractivity (Wildman–Crippen MR) is 82.2 cm³/mol. The number of hydrogen-bond donors (Lipinski definition) is 1. The van der Waals surface area contributed by atoms with Gasteiger partial charge in [-0.25, -0.2) is 0 Å². The van der Waals surface area contributed by atoms with Crippen LogP contribution in [0.5, 0.6) is 5.75 Å². The highest BCUT2D eigenvalue weighted by molar-refractivity contribution is 5.85. The molecule has 1 saturated heterocycles. The molecule has 0 unspecified atom stereocenters. The van der Waals surface area contributed by atoms with Gasteiger partial charge in [0.05, 0.1) is 6.10 Å². The molecule has 4 heteroatoms. The average Bonchev–Trinajstić information content (AvgIpc) is 2.32. The standard InChI is InChI=1S/C15H24N2O.ClH/c1-12(2)18-15-6-4-5-14(9-15)11-17-8-7-16-10-13(17)3;/h4-6,9,12-13,16H,7-8,10-11H2,1-3H3;1H/t13-;/m1./s1. The van der Waals surface area contributed by atoms with Crippen molar-refractivity contribution in [3.8, 4) is 5.75 Å². The fraction of sp³-hybridized carbons (Fsp3) is 0.600. The quantitative estimate of drug-likeness (QED) is 0.920. The number of halogens is 1. The summed E-state index contributed by atoms with van der Waals surface area (Å²) in [6.07, 6.45) is 0.235. The van der Waals surface area contributed by atoms with Crippen molar-refractivity contribution in [3.05, 3.63) is 29.8 Å². The monoisotopic (exact) mass is 284 g/mol. The van der Waals surface area contributed by atoms with Crippen molar-refractivity contribution in [2.45, 2.75) is 39.5 Å². The normalized spacial score (nSPS) is 20.1. The minimum absolute atomic E-state index is 0. The third-order valence-electron chi connectivity index (χ3n) is 3.29. The van der Waals surface area contributed by atoms with E-state index in [1.54, 1.807) is 0 Å². The number of nitrogens with zero attached hydrogens (tertiary/aromatic N) is 1. The molecule has 0 spiro atoms. The molecule has 1 aliphatic rings. The van der Waals surface area contributed by atoms with Gasteiger partial charge in [-0.3, -0.25) is 4.90 Å². The van der Waals surface area contributed by atoms with E-state index in [0.717, 1.165) is 31.9 Å². The molecule has 3 nitrogen and oxygen atoms in total. The highest BCUT2D eigenvalue weighted by atomic mass is 35.5. The van der Waals surface area contributed by atoms with Gasteiger partial charge in [0, 0.05) is 32.2 Å². The zero-order valence-electron chi connectivity index (χ0n) is 12.1. The lowest BCUT2D eigenvalue weighted by Gasteiger charge is -2.33.